The molecule has 2 aromatic heterocycles. The summed E-state index contributed by atoms with van der Waals surface area (Å²) < 4.78 is 0.607. The molecule has 7 nitrogen and oxygen atoms in total. The molecule has 0 unspecified atom stereocenters. The molecule has 0 saturated heterocycles. The maximum absolute atomic E-state index is 12.0. The van der Waals surface area contributed by atoms with Gasteiger partial charge in [0.1, 0.15) is 0 Å². The lowest BCUT2D eigenvalue weighted by Gasteiger charge is -2.04. The number of thioether (sulfide) groups is 1. The van der Waals surface area contributed by atoms with Crippen LogP contribution in [0, 0.1) is 6.92 Å². The average molecular weight is 406 g/mol. The molecule has 10 heteroatoms. The lowest BCUT2D eigenvalue weighted by Crippen LogP contribution is -2.18. The fourth-order valence-corrected chi connectivity index (χ4v) is 4.03. The number of anilines is 3. The number of nitrogens with zero attached hydrogens (tertiary/aromatic N) is 2. The second-order valence-corrected chi connectivity index (χ2v) is 8.28. The molecule has 0 bridgehead atoms. The topological polar surface area (TPSA) is 96.0 Å². The first-order valence-electron chi connectivity index (χ1n) is 7.53. The minimum atomic E-state index is -0.378. The number of thiophene rings is 1. The van der Waals surface area contributed by atoms with Crippen LogP contribution in [0.3, 0.4) is 0 Å². The third-order valence-electron chi connectivity index (χ3n) is 3.05. The summed E-state index contributed by atoms with van der Waals surface area (Å²) in [5.41, 5.74) is 1.89. The van der Waals surface area contributed by atoms with Crippen LogP contribution < -0.4 is 16.0 Å². The van der Waals surface area contributed by atoms with Gasteiger partial charge < -0.3 is 5.32 Å². The minimum absolute atomic E-state index is 0.126. The molecule has 0 aliphatic heterocycles. The number of rotatable bonds is 6. The van der Waals surface area contributed by atoms with Crippen molar-refractivity contribution in [1.82, 2.24) is 10.2 Å². The van der Waals surface area contributed by atoms with E-state index in [0.29, 0.717) is 9.47 Å². The van der Waals surface area contributed by atoms with Crippen LogP contribution >= 0.6 is 34.4 Å². The fraction of sp³-hybridized carbons (Fsp3) is 0.125. The first-order valence-corrected chi connectivity index (χ1v) is 10.2. The highest BCUT2D eigenvalue weighted by Gasteiger charge is 2.11. The van der Waals surface area contributed by atoms with Crippen molar-refractivity contribution in [2.24, 2.45) is 0 Å². The number of aromatic nitrogens is 2. The van der Waals surface area contributed by atoms with Gasteiger partial charge in [-0.25, -0.2) is 4.79 Å². The van der Waals surface area contributed by atoms with E-state index in [0.717, 1.165) is 16.3 Å². The summed E-state index contributed by atoms with van der Waals surface area (Å²) in [6, 6.07) is 10.9. The molecular weight excluding hydrogens is 390 g/mol. The van der Waals surface area contributed by atoms with Gasteiger partial charge in [-0.1, -0.05) is 40.8 Å². The summed E-state index contributed by atoms with van der Waals surface area (Å²) >= 11 is 3.91. The largest absolute Gasteiger partial charge is 0.326 e. The smallest absolute Gasteiger partial charge is 0.325 e. The third-order valence-corrected chi connectivity index (χ3v) is 5.80. The Morgan fingerprint density at radius 2 is 1.88 bits per heavy atom. The molecule has 1 aromatic carbocycles. The molecule has 3 N–H and O–H groups in total. The second kappa shape index (κ2) is 8.79. The summed E-state index contributed by atoms with van der Waals surface area (Å²) in [5.74, 6) is 0.0863. The number of carbonyl (C=O) groups is 2. The van der Waals surface area contributed by atoms with E-state index in [9.17, 15) is 9.59 Å². The molecular formula is C16H15N5O2S3. The van der Waals surface area contributed by atoms with Gasteiger partial charge >= 0.3 is 6.03 Å². The van der Waals surface area contributed by atoms with Crippen LogP contribution in [0.2, 0.25) is 0 Å². The molecule has 2 heterocycles. The van der Waals surface area contributed by atoms with E-state index in [1.807, 2.05) is 42.6 Å². The van der Waals surface area contributed by atoms with Crippen LogP contribution in [0.5, 0.6) is 0 Å². The van der Waals surface area contributed by atoms with Crippen LogP contribution in [0.15, 0.2) is 46.1 Å². The van der Waals surface area contributed by atoms with E-state index in [1.165, 1.54) is 34.4 Å². The normalized spacial score (nSPS) is 10.3. The average Bonchev–Trinajstić information content (AvgIpc) is 3.27. The van der Waals surface area contributed by atoms with E-state index in [-0.39, 0.29) is 17.7 Å². The van der Waals surface area contributed by atoms with Gasteiger partial charge in [0, 0.05) is 5.69 Å². The summed E-state index contributed by atoms with van der Waals surface area (Å²) in [7, 11) is 0. The van der Waals surface area contributed by atoms with Crippen molar-refractivity contribution in [1.29, 1.82) is 0 Å². The summed E-state index contributed by atoms with van der Waals surface area (Å²) in [4.78, 5) is 23.8. The van der Waals surface area contributed by atoms with Gasteiger partial charge in [0.15, 0.2) is 4.34 Å². The third kappa shape index (κ3) is 5.55. The number of aryl methyl sites for hydroxylation is 1. The van der Waals surface area contributed by atoms with E-state index in [2.05, 4.69) is 26.1 Å². The highest BCUT2D eigenvalue weighted by molar-refractivity contribution is 8.01. The zero-order valence-corrected chi connectivity index (χ0v) is 16.1. The minimum Gasteiger partial charge on any atom is -0.325 e. The zero-order chi connectivity index (χ0) is 18.4. The quantitative estimate of drug-likeness (QED) is 0.420. The Morgan fingerprint density at radius 3 is 2.62 bits per heavy atom. The molecule has 0 aliphatic rings. The molecule has 134 valence electrons. The Balaban J connectivity index is 1.45. The van der Waals surface area contributed by atoms with Crippen molar-refractivity contribution in [2.45, 2.75) is 11.3 Å². The summed E-state index contributed by atoms with van der Waals surface area (Å²) in [5, 5.41) is 19.0. The Bertz CT molecular complexity index is 878. The molecule has 0 atom stereocenters. The fourth-order valence-electron chi connectivity index (χ4n) is 1.87. The maximum atomic E-state index is 12.0. The molecule has 3 aromatic rings. The van der Waals surface area contributed by atoms with Gasteiger partial charge in [-0.3, -0.25) is 15.4 Å². The van der Waals surface area contributed by atoms with Crippen molar-refractivity contribution in [2.75, 3.05) is 21.7 Å². The van der Waals surface area contributed by atoms with E-state index in [1.54, 1.807) is 6.07 Å². The Labute approximate surface area is 162 Å². The van der Waals surface area contributed by atoms with Gasteiger partial charge in [-0.2, -0.15) is 0 Å². The SMILES string of the molecule is Cc1ccc(NC(=O)CSc2nnc(NC(=O)Nc3cccs3)s2)cc1. The highest BCUT2D eigenvalue weighted by atomic mass is 32.2. The Hall–Kier alpha value is -2.43. The molecule has 3 amide bonds. The number of carbonyl (C=O) groups excluding carboxylic acids is 2. The second-order valence-electron chi connectivity index (χ2n) is 5.13. The van der Waals surface area contributed by atoms with Gasteiger partial charge in [0.2, 0.25) is 11.0 Å². The van der Waals surface area contributed by atoms with E-state index < -0.39 is 0 Å². The van der Waals surface area contributed by atoms with Crippen molar-refractivity contribution in [3.8, 4) is 0 Å². The van der Waals surface area contributed by atoms with E-state index >= 15 is 0 Å². The van der Waals surface area contributed by atoms with Gasteiger partial charge in [-0.05, 0) is 36.6 Å². The molecule has 26 heavy (non-hydrogen) atoms. The highest BCUT2D eigenvalue weighted by Crippen LogP contribution is 2.26. The zero-order valence-electron chi connectivity index (χ0n) is 13.7. The van der Waals surface area contributed by atoms with Gasteiger partial charge in [0.05, 0.1) is 10.8 Å². The number of benzene rings is 1. The summed E-state index contributed by atoms with van der Waals surface area (Å²) in [6.45, 7) is 1.99. The van der Waals surface area contributed by atoms with Crippen LogP contribution in [0.4, 0.5) is 20.6 Å². The maximum Gasteiger partial charge on any atom is 0.326 e. The van der Waals surface area contributed by atoms with E-state index in [4.69, 9.17) is 0 Å². The van der Waals surface area contributed by atoms with Crippen molar-refractivity contribution in [3.63, 3.8) is 0 Å². The van der Waals surface area contributed by atoms with Crippen LogP contribution in [-0.2, 0) is 4.79 Å². The van der Waals surface area contributed by atoms with Crippen molar-refractivity contribution >= 4 is 62.2 Å². The van der Waals surface area contributed by atoms with Crippen molar-refractivity contribution < 1.29 is 9.59 Å². The lowest BCUT2D eigenvalue weighted by atomic mass is 10.2. The summed E-state index contributed by atoms with van der Waals surface area (Å²) in [6.07, 6.45) is 0. The first kappa shape index (κ1) is 18.4. The molecule has 0 radical (unpaired) electrons. The van der Waals surface area contributed by atoms with Crippen molar-refractivity contribution in [3.05, 3.63) is 47.3 Å². The lowest BCUT2D eigenvalue weighted by molar-refractivity contribution is -0.113. The molecule has 0 saturated carbocycles. The van der Waals surface area contributed by atoms with Crippen LogP contribution in [-0.4, -0.2) is 27.9 Å². The predicted molar refractivity (Wildman–Crippen MR) is 107 cm³/mol. The standard InChI is InChI=1S/C16H15N5O2S3/c1-10-4-6-11(7-5-10)17-12(22)9-25-16-21-20-15(26-16)19-14(23)18-13-3-2-8-24-13/h2-8H,9H2,1H3,(H,17,22)(H2,18,19,20,23). The first-order chi connectivity index (χ1) is 12.6. The number of hydrogen-bond donors (Lipinski definition) is 3. The van der Waals surface area contributed by atoms with Crippen LogP contribution in [0.1, 0.15) is 5.56 Å². The number of amides is 3. The monoisotopic (exact) mass is 405 g/mol. The predicted octanol–water partition coefficient (Wildman–Crippen LogP) is 4.28. The molecule has 0 fully saturated rings. The Morgan fingerprint density at radius 1 is 1.08 bits per heavy atom. The Kier molecular flexibility index (Phi) is 6.21. The molecule has 0 aliphatic carbocycles. The molecule has 0 spiro atoms. The number of urea groups is 1. The molecule has 3 rings (SSSR count). The number of nitrogens with one attached hydrogen (secondary N) is 3. The number of hydrogen-bond acceptors (Lipinski definition) is 7. The van der Waals surface area contributed by atoms with Gasteiger partial charge in [-0.15, -0.1) is 21.5 Å². The van der Waals surface area contributed by atoms with Crippen LogP contribution in [0.25, 0.3) is 0 Å². The van der Waals surface area contributed by atoms with Gasteiger partial charge in [0.25, 0.3) is 0 Å².